The van der Waals surface area contributed by atoms with Crippen LogP contribution in [-0.4, -0.2) is 18.4 Å². The van der Waals surface area contributed by atoms with Gasteiger partial charge in [-0.05, 0) is 54.0 Å². The Morgan fingerprint density at radius 1 is 1.23 bits per heavy atom. The fourth-order valence-corrected chi connectivity index (χ4v) is 4.06. The van der Waals surface area contributed by atoms with Crippen molar-refractivity contribution in [3.05, 3.63) is 40.0 Å². The van der Waals surface area contributed by atoms with Gasteiger partial charge in [0.25, 0.3) is 0 Å². The number of anilines is 1. The first kappa shape index (κ1) is 20.6. The number of aromatic nitrogens is 1. The fourth-order valence-electron chi connectivity index (χ4n) is 2.49. The number of alkyl halides is 4. The molecule has 1 aromatic heterocycles. The summed E-state index contributed by atoms with van der Waals surface area (Å²) in [5.74, 6) is 2.57. The molecule has 0 unspecified atom stereocenters. The van der Waals surface area contributed by atoms with Crippen molar-refractivity contribution in [1.82, 2.24) is 4.98 Å². The Balaban J connectivity index is 2.55. The quantitative estimate of drug-likeness (QED) is 0.296. The lowest BCUT2D eigenvalue weighted by Crippen LogP contribution is -2.17. The van der Waals surface area contributed by atoms with E-state index in [0.29, 0.717) is 16.6 Å². The lowest BCUT2D eigenvalue weighted by atomic mass is 10.0. The van der Waals surface area contributed by atoms with Gasteiger partial charge >= 0.3 is 6.36 Å². The Bertz CT molecular complexity index is 856. The summed E-state index contributed by atoms with van der Waals surface area (Å²) in [6, 6.07) is 8.63. The van der Waals surface area contributed by atoms with Gasteiger partial charge in [-0.1, -0.05) is 21.9 Å². The predicted octanol–water partition coefficient (Wildman–Crippen LogP) is 6.03. The summed E-state index contributed by atoms with van der Waals surface area (Å²) < 4.78 is 41.7. The molecule has 0 bridgehead atoms. The van der Waals surface area contributed by atoms with E-state index in [-0.39, 0.29) is 5.75 Å². The Labute approximate surface area is 166 Å². The molecule has 0 radical (unpaired) electrons. The van der Waals surface area contributed by atoms with Crippen molar-refractivity contribution in [2.45, 2.75) is 25.5 Å². The van der Waals surface area contributed by atoms with Gasteiger partial charge in [0, 0.05) is 29.5 Å². The van der Waals surface area contributed by atoms with Gasteiger partial charge < -0.3 is 9.64 Å². The number of hydrogen-bond acceptors (Lipinski definition) is 3. The average Bonchev–Trinajstić information content (AvgIpc) is 2.55. The van der Waals surface area contributed by atoms with Crippen LogP contribution in [0.25, 0.3) is 11.3 Å². The van der Waals surface area contributed by atoms with Crippen LogP contribution in [0.2, 0.25) is 0 Å². The van der Waals surface area contributed by atoms with Crippen LogP contribution in [0.1, 0.15) is 18.2 Å². The molecule has 0 fully saturated rings. The largest absolute Gasteiger partial charge is 0.573 e. The Hall–Kier alpha value is -1.72. The maximum Gasteiger partial charge on any atom is 0.573 e. The number of ether oxygens (including phenoxy) is 1. The third-order valence-corrected chi connectivity index (χ3v) is 4.89. The Kier molecular flexibility index (Phi) is 6.58. The third-order valence-electron chi connectivity index (χ3n) is 3.52. The molecule has 1 heterocycles. The number of rotatable bonds is 4. The molecule has 0 atom stereocenters. The van der Waals surface area contributed by atoms with Crippen molar-refractivity contribution in [3.63, 3.8) is 0 Å². The molecular formula is C18H15Br2F3N2O. The van der Waals surface area contributed by atoms with Gasteiger partial charge in [0.05, 0.1) is 21.5 Å². The van der Waals surface area contributed by atoms with Crippen LogP contribution in [0.15, 0.2) is 28.7 Å². The van der Waals surface area contributed by atoms with E-state index < -0.39 is 6.36 Å². The molecule has 2 rings (SSSR count). The minimum absolute atomic E-state index is 0.272. The highest BCUT2D eigenvalue weighted by Crippen LogP contribution is 2.38. The van der Waals surface area contributed by atoms with Gasteiger partial charge in [-0.3, -0.25) is 4.98 Å². The summed E-state index contributed by atoms with van der Waals surface area (Å²) in [7, 11) is 1.84. The van der Waals surface area contributed by atoms with E-state index in [1.807, 2.05) is 14.0 Å². The lowest BCUT2D eigenvalue weighted by molar-refractivity contribution is -0.274. The molecule has 0 spiro atoms. The van der Waals surface area contributed by atoms with Crippen LogP contribution in [0.4, 0.5) is 18.9 Å². The second-order valence-corrected chi connectivity index (χ2v) is 6.68. The number of hydrogen-bond donors (Lipinski definition) is 0. The maximum atomic E-state index is 12.3. The summed E-state index contributed by atoms with van der Waals surface area (Å²) in [6.07, 6.45) is -4.72. The fraction of sp³-hybridized carbons (Fsp3) is 0.278. The van der Waals surface area contributed by atoms with E-state index in [4.69, 9.17) is 0 Å². The molecule has 138 valence electrons. The molecule has 3 nitrogen and oxygen atoms in total. The van der Waals surface area contributed by atoms with Gasteiger partial charge in [-0.15, -0.1) is 13.2 Å². The highest BCUT2D eigenvalue weighted by Gasteiger charge is 2.31. The minimum Gasteiger partial charge on any atom is -0.406 e. The molecular weight excluding hydrogens is 477 g/mol. The first-order valence-corrected chi connectivity index (χ1v) is 9.36. The van der Waals surface area contributed by atoms with Gasteiger partial charge in [0.1, 0.15) is 5.75 Å². The summed E-state index contributed by atoms with van der Waals surface area (Å²) in [5, 5.41) is 0.510. The average molecular weight is 492 g/mol. The first-order valence-electron chi connectivity index (χ1n) is 7.45. The van der Waals surface area contributed by atoms with Crippen molar-refractivity contribution in [3.8, 4) is 29.0 Å². The second kappa shape index (κ2) is 8.31. The van der Waals surface area contributed by atoms with E-state index in [0.717, 1.165) is 21.4 Å². The van der Waals surface area contributed by atoms with Crippen LogP contribution >= 0.6 is 31.9 Å². The van der Waals surface area contributed by atoms with E-state index in [1.54, 1.807) is 24.0 Å². The zero-order valence-electron chi connectivity index (χ0n) is 14.2. The smallest absolute Gasteiger partial charge is 0.406 e. The normalized spacial score (nSPS) is 10.9. The molecule has 2 aromatic rings. The van der Waals surface area contributed by atoms with E-state index in [2.05, 4.69) is 53.5 Å². The third kappa shape index (κ3) is 4.71. The topological polar surface area (TPSA) is 25.4 Å². The number of pyridine rings is 1. The Morgan fingerprint density at radius 2 is 1.85 bits per heavy atom. The first-order chi connectivity index (χ1) is 12.2. The van der Waals surface area contributed by atoms with Crippen LogP contribution in [0, 0.1) is 18.9 Å². The molecule has 0 aliphatic rings. The molecule has 26 heavy (non-hydrogen) atoms. The molecule has 0 saturated heterocycles. The summed E-state index contributed by atoms with van der Waals surface area (Å²) in [4.78, 5) is 6.43. The number of halogens is 5. The SMILES string of the molecule is CC#CN(C)c1c(C)c(-c2ccc(OC(F)(F)F)cc2)nc(CBr)c1Br. The number of nitrogens with zero attached hydrogens (tertiary/aromatic N) is 2. The molecule has 0 aliphatic carbocycles. The van der Waals surface area contributed by atoms with Gasteiger partial charge in [0.2, 0.25) is 0 Å². The second-order valence-electron chi connectivity index (χ2n) is 5.32. The molecule has 0 aliphatic heterocycles. The maximum absolute atomic E-state index is 12.3. The van der Waals surface area contributed by atoms with Crippen LogP contribution in [0.3, 0.4) is 0 Å². The van der Waals surface area contributed by atoms with Crippen molar-refractivity contribution in [2.24, 2.45) is 0 Å². The molecule has 8 heteroatoms. The summed E-state index contributed by atoms with van der Waals surface area (Å²) >= 11 is 6.98. The predicted molar refractivity (Wildman–Crippen MR) is 103 cm³/mol. The van der Waals surface area contributed by atoms with E-state index in [1.165, 1.54) is 12.1 Å². The zero-order chi connectivity index (χ0) is 19.5. The van der Waals surface area contributed by atoms with Gasteiger partial charge in [-0.25, -0.2) is 0 Å². The molecule has 0 N–H and O–H groups in total. The van der Waals surface area contributed by atoms with Crippen molar-refractivity contribution in [1.29, 1.82) is 0 Å². The van der Waals surface area contributed by atoms with Crippen LogP contribution in [-0.2, 0) is 5.33 Å². The van der Waals surface area contributed by atoms with Crippen molar-refractivity contribution < 1.29 is 17.9 Å². The van der Waals surface area contributed by atoms with Crippen LogP contribution in [0.5, 0.6) is 5.75 Å². The summed E-state index contributed by atoms with van der Waals surface area (Å²) in [6.45, 7) is 3.64. The Morgan fingerprint density at radius 3 is 2.35 bits per heavy atom. The standard InChI is InChI=1S/C18H15Br2F3N2O/c1-4-9-25(3)17-11(2)16(24-14(10-19)15(17)20)12-5-7-13(8-6-12)26-18(21,22)23/h5-8H,10H2,1-3H3. The monoisotopic (exact) mass is 490 g/mol. The van der Waals surface area contributed by atoms with Gasteiger partial charge in [-0.2, -0.15) is 0 Å². The van der Waals surface area contributed by atoms with Gasteiger partial charge in [0.15, 0.2) is 0 Å². The minimum atomic E-state index is -4.72. The zero-order valence-corrected chi connectivity index (χ0v) is 17.4. The highest BCUT2D eigenvalue weighted by molar-refractivity contribution is 9.11. The molecule has 1 aromatic carbocycles. The molecule has 0 amide bonds. The lowest BCUT2D eigenvalue weighted by Gasteiger charge is -2.21. The number of benzene rings is 1. The van der Waals surface area contributed by atoms with E-state index in [9.17, 15) is 13.2 Å². The van der Waals surface area contributed by atoms with E-state index >= 15 is 0 Å². The summed E-state index contributed by atoms with van der Waals surface area (Å²) in [5.41, 5.74) is 3.83. The van der Waals surface area contributed by atoms with Crippen molar-refractivity contribution in [2.75, 3.05) is 11.9 Å². The molecule has 0 saturated carbocycles. The van der Waals surface area contributed by atoms with Crippen LogP contribution < -0.4 is 9.64 Å². The van der Waals surface area contributed by atoms with Crippen molar-refractivity contribution >= 4 is 37.5 Å². The highest BCUT2D eigenvalue weighted by atomic mass is 79.9.